The zero-order chi connectivity index (χ0) is 11.4. The summed E-state index contributed by atoms with van der Waals surface area (Å²) in [6.45, 7) is 1.99. The van der Waals surface area contributed by atoms with Crippen molar-refractivity contribution >= 4 is 28.5 Å². The third-order valence-electron chi connectivity index (χ3n) is 2.76. The van der Waals surface area contributed by atoms with Gasteiger partial charge >= 0.3 is 0 Å². The molecular formula is C12H15IN2O. The van der Waals surface area contributed by atoms with E-state index in [9.17, 15) is 4.79 Å². The number of rotatable bonds is 2. The Morgan fingerprint density at radius 3 is 2.81 bits per heavy atom. The van der Waals surface area contributed by atoms with Crippen molar-refractivity contribution in [2.24, 2.45) is 0 Å². The molecule has 1 saturated heterocycles. The molecule has 0 spiro atoms. The van der Waals surface area contributed by atoms with Gasteiger partial charge in [0.2, 0.25) is 0 Å². The highest BCUT2D eigenvalue weighted by Gasteiger charge is 2.16. The Morgan fingerprint density at radius 2 is 2.12 bits per heavy atom. The van der Waals surface area contributed by atoms with Crippen molar-refractivity contribution in [3.05, 3.63) is 33.4 Å². The van der Waals surface area contributed by atoms with E-state index in [2.05, 4.69) is 33.2 Å². The van der Waals surface area contributed by atoms with Gasteiger partial charge in [-0.25, -0.2) is 0 Å². The van der Waals surface area contributed by atoms with Gasteiger partial charge in [0.15, 0.2) is 0 Å². The van der Waals surface area contributed by atoms with E-state index in [1.165, 1.54) is 0 Å². The van der Waals surface area contributed by atoms with Crippen molar-refractivity contribution in [1.29, 1.82) is 0 Å². The fourth-order valence-electron chi connectivity index (χ4n) is 1.86. The number of amides is 1. The van der Waals surface area contributed by atoms with E-state index in [1.54, 1.807) is 0 Å². The van der Waals surface area contributed by atoms with E-state index in [-0.39, 0.29) is 5.91 Å². The quantitative estimate of drug-likeness (QED) is 0.812. The molecular weight excluding hydrogens is 315 g/mol. The average Bonchev–Trinajstić information content (AvgIpc) is 2.30. The largest absolute Gasteiger partial charge is 0.349 e. The van der Waals surface area contributed by atoms with Crippen molar-refractivity contribution in [3.63, 3.8) is 0 Å². The number of halogens is 1. The van der Waals surface area contributed by atoms with Gasteiger partial charge in [-0.2, -0.15) is 0 Å². The molecule has 0 saturated carbocycles. The van der Waals surface area contributed by atoms with Crippen LogP contribution in [0.15, 0.2) is 24.3 Å². The first-order valence-electron chi connectivity index (χ1n) is 5.53. The summed E-state index contributed by atoms with van der Waals surface area (Å²) in [5, 5.41) is 6.36. The van der Waals surface area contributed by atoms with Crippen LogP contribution in [0.2, 0.25) is 0 Å². The molecule has 0 aromatic heterocycles. The lowest BCUT2D eigenvalue weighted by Crippen LogP contribution is -2.42. The lowest BCUT2D eigenvalue weighted by Gasteiger charge is -2.23. The van der Waals surface area contributed by atoms with Crippen LogP contribution in [-0.4, -0.2) is 25.0 Å². The number of hydrogen-bond acceptors (Lipinski definition) is 2. The molecule has 1 aromatic rings. The Bertz CT molecular complexity index is 375. The SMILES string of the molecule is O=C(NC1CCNCC1)c1cccc(I)c1. The van der Waals surface area contributed by atoms with Gasteiger partial charge in [0.05, 0.1) is 0 Å². The number of carbonyl (C=O) groups excluding carboxylic acids is 1. The van der Waals surface area contributed by atoms with Crippen LogP contribution in [0.1, 0.15) is 23.2 Å². The first-order chi connectivity index (χ1) is 7.75. The monoisotopic (exact) mass is 330 g/mol. The molecule has 1 aliphatic heterocycles. The predicted octanol–water partition coefficient (Wildman–Crippen LogP) is 1.77. The Kier molecular flexibility index (Phi) is 4.17. The van der Waals surface area contributed by atoms with Gasteiger partial charge in [-0.05, 0) is 66.7 Å². The van der Waals surface area contributed by atoms with Crippen LogP contribution in [0, 0.1) is 3.57 Å². The van der Waals surface area contributed by atoms with Crippen LogP contribution in [0.25, 0.3) is 0 Å². The summed E-state index contributed by atoms with van der Waals surface area (Å²) in [6.07, 6.45) is 2.05. The molecule has 0 radical (unpaired) electrons. The maximum absolute atomic E-state index is 11.9. The van der Waals surface area contributed by atoms with Gasteiger partial charge in [0.1, 0.15) is 0 Å². The molecule has 1 aromatic carbocycles. The average molecular weight is 330 g/mol. The summed E-state index contributed by atoms with van der Waals surface area (Å²) < 4.78 is 1.09. The molecule has 86 valence electrons. The Morgan fingerprint density at radius 1 is 1.38 bits per heavy atom. The van der Waals surface area contributed by atoms with Crippen LogP contribution in [0.3, 0.4) is 0 Å². The molecule has 2 rings (SSSR count). The number of nitrogens with one attached hydrogen (secondary N) is 2. The molecule has 2 N–H and O–H groups in total. The number of benzene rings is 1. The predicted molar refractivity (Wildman–Crippen MR) is 72.5 cm³/mol. The molecule has 1 heterocycles. The summed E-state index contributed by atoms with van der Waals surface area (Å²) in [6, 6.07) is 8.00. The van der Waals surface area contributed by atoms with Crippen LogP contribution < -0.4 is 10.6 Å². The van der Waals surface area contributed by atoms with Crippen LogP contribution in [0.4, 0.5) is 0 Å². The van der Waals surface area contributed by atoms with Gasteiger partial charge in [-0.1, -0.05) is 6.07 Å². The van der Waals surface area contributed by atoms with Gasteiger partial charge < -0.3 is 10.6 Å². The molecule has 1 fully saturated rings. The highest BCUT2D eigenvalue weighted by atomic mass is 127. The van der Waals surface area contributed by atoms with Crippen LogP contribution in [0.5, 0.6) is 0 Å². The van der Waals surface area contributed by atoms with E-state index in [0.717, 1.165) is 35.1 Å². The molecule has 0 bridgehead atoms. The highest BCUT2D eigenvalue weighted by Crippen LogP contribution is 2.09. The Labute approximate surface area is 109 Å². The van der Waals surface area contributed by atoms with Crippen LogP contribution in [-0.2, 0) is 0 Å². The van der Waals surface area contributed by atoms with Crippen molar-refractivity contribution in [1.82, 2.24) is 10.6 Å². The minimum absolute atomic E-state index is 0.0467. The fourth-order valence-corrected chi connectivity index (χ4v) is 2.41. The number of piperidine rings is 1. The lowest BCUT2D eigenvalue weighted by molar-refractivity contribution is 0.0929. The van der Waals surface area contributed by atoms with Crippen molar-refractivity contribution in [2.45, 2.75) is 18.9 Å². The van der Waals surface area contributed by atoms with Gasteiger partial charge in [0.25, 0.3) is 5.91 Å². The zero-order valence-corrected chi connectivity index (χ0v) is 11.2. The second-order valence-corrected chi connectivity index (χ2v) is 5.25. The third-order valence-corrected chi connectivity index (χ3v) is 3.43. The molecule has 3 nitrogen and oxygen atoms in total. The summed E-state index contributed by atoms with van der Waals surface area (Å²) in [4.78, 5) is 11.9. The fraction of sp³-hybridized carbons (Fsp3) is 0.417. The van der Waals surface area contributed by atoms with E-state index in [1.807, 2.05) is 24.3 Å². The molecule has 1 amide bonds. The standard InChI is InChI=1S/C12H15IN2O/c13-10-3-1-2-9(8-10)12(16)15-11-4-6-14-7-5-11/h1-3,8,11,14H,4-7H2,(H,15,16). The second kappa shape index (κ2) is 5.63. The van der Waals surface area contributed by atoms with E-state index >= 15 is 0 Å². The molecule has 0 atom stereocenters. The lowest BCUT2D eigenvalue weighted by atomic mass is 10.1. The summed E-state index contributed by atoms with van der Waals surface area (Å²) in [5.74, 6) is 0.0467. The maximum Gasteiger partial charge on any atom is 0.251 e. The Hall–Kier alpha value is -0.620. The molecule has 4 heteroatoms. The third kappa shape index (κ3) is 3.18. The summed E-state index contributed by atoms with van der Waals surface area (Å²) in [7, 11) is 0. The van der Waals surface area contributed by atoms with E-state index in [0.29, 0.717) is 6.04 Å². The normalized spacial score (nSPS) is 17.1. The van der Waals surface area contributed by atoms with Crippen molar-refractivity contribution in [3.8, 4) is 0 Å². The smallest absolute Gasteiger partial charge is 0.251 e. The Balaban J connectivity index is 1.97. The van der Waals surface area contributed by atoms with Crippen molar-refractivity contribution in [2.75, 3.05) is 13.1 Å². The molecule has 0 aliphatic carbocycles. The number of carbonyl (C=O) groups is 1. The molecule has 16 heavy (non-hydrogen) atoms. The minimum atomic E-state index is 0.0467. The van der Waals surface area contributed by atoms with Gasteiger partial charge in [0, 0.05) is 15.2 Å². The number of hydrogen-bond donors (Lipinski definition) is 2. The van der Waals surface area contributed by atoms with E-state index < -0.39 is 0 Å². The van der Waals surface area contributed by atoms with E-state index in [4.69, 9.17) is 0 Å². The van der Waals surface area contributed by atoms with Crippen LogP contribution >= 0.6 is 22.6 Å². The summed E-state index contributed by atoms with van der Waals surface area (Å²) in [5.41, 5.74) is 0.755. The van der Waals surface area contributed by atoms with Gasteiger partial charge in [-0.15, -0.1) is 0 Å². The first-order valence-corrected chi connectivity index (χ1v) is 6.61. The van der Waals surface area contributed by atoms with Gasteiger partial charge in [-0.3, -0.25) is 4.79 Å². The summed E-state index contributed by atoms with van der Waals surface area (Å²) >= 11 is 2.22. The maximum atomic E-state index is 11.9. The zero-order valence-electron chi connectivity index (χ0n) is 9.00. The molecule has 1 aliphatic rings. The first kappa shape index (κ1) is 11.9. The second-order valence-electron chi connectivity index (χ2n) is 4.01. The molecule has 0 unspecified atom stereocenters. The van der Waals surface area contributed by atoms with Crippen molar-refractivity contribution < 1.29 is 4.79 Å². The minimum Gasteiger partial charge on any atom is -0.349 e. The highest BCUT2D eigenvalue weighted by molar-refractivity contribution is 14.1. The topological polar surface area (TPSA) is 41.1 Å².